The average molecular weight is 374 g/mol. The van der Waals surface area contributed by atoms with Crippen LogP contribution in [0.5, 0.6) is 0 Å². The fourth-order valence-electron chi connectivity index (χ4n) is 3.42. The monoisotopic (exact) mass is 374 g/mol. The van der Waals surface area contributed by atoms with Gasteiger partial charge in [-0.25, -0.2) is 0 Å². The highest BCUT2D eigenvalue weighted by molar-refractivity contribution is 5.78. The Kier molecular flexibility index (Phi) is 5.13. The van der Waals surface area contributed by atoms with Gasteiger partial charge in [0.15, 0.2) is 0 Å². The first-order chi connectivity index (χ1) is 12.7. The lowest BCUT2D eigenvalue weighted by Crippen LogP contribution is -2.10. The van der Waals surface area contributed by atoms with Gasteiger partial charge in [-0.05, 0) is 34.1 Å². The molecule has 27 heavy (non-hydrogen) atoms. The van der Waals surface area contributed by atoms with Crippen LogP contribution in [0.3, 0.4) is 0 Å². The number of carbonyl (C=O) groups excluding carboxylic acids is 1. The van der Waals surface area contributed by atoms with E-state index in [-0.39, 0.29) is 12.7 Å². The second-order valence-electron chi connectivity index (χ2n) is 7.40. The van der Waals surface area contributed by atoms with E-state index in [1.54, 1.807) is 13.8 Å². The summed E-state index contributed by atoms with van der Waals surface area (Å²) in [6, 6.07) is 17.5. The average Bonchev–Trinajstić information content (AvgIpc) is 3.19. The number of esters is 1. The van der Waals surface area contributed by atoms with Crippen LogP contribution in [0.1, 0.15) is 19.4 Å². The lowest BCUT2D eigenvalue weighted by Gasteiger charge is -2.08. The summed E-state index contributed by atoms with van der Waals surface area (Å²) in [5, 5.41) is 0. The maximum atomic E-state index is 12.4. The summed E-state index contributed by atoms with van der Waals surface area (Å²) in [5.74, 6) is -1.46. The third-order valence-corrected chi connectivity index (χ3v) is 5.07. The van der Waals surface area contributed by atoms with Gasteiger partial charge >= 0.3 is 12.1 Å². The zero-order valence-corrected chi connectivity index (χ0v) is 15.2. The quantitative estimate of drug-likeness (QED) is 0.489. The van der Waals surface area contributed by atoms with Crippen LogP contribution in [0.15, 0.2) is 66.7 Å². The maximum Gasteiger partial charge on any atom is 0.409 e. The molecular formula is C22H21F3O2. The van der Waals surface area contributed by atoms with Gasteiger partial charge in [-0.2, -0.15) is 13.2 Å². The fraction of sp³-hybridized carbons (Fsp3) is 0.318. The van der Waals surface area contributed by atoms with Crippen molar-refractivity contribution in [2.45, 2.75) is 26.6 Å². The molecule has 0 saturated heterocycles. The smallest absolute Gasteiger partial charge is 0.409 e. The molecule has 1 fully saturated rings. The van der Waals surface area contributed by atoms with Crippen molar-refractivity contribution < 1.29 is 22.7 Å². The standard InChI is InChI=1S/C22H21F3O2/c1-21(2)18(11-12-22(23,24)25)19(21)20(26)27-14-15-7-6-10-17(13-15)16-8-4-3-5-9-16/h3-13,18-19H,14H2,1-2H3/b12-11+/t18-,19-/m0/s1. The number of ether oxygens (including phenoxy) is 1. The minimum atomic E-state index is -4.37. The minimum Gasteiger partial charge on any atom is -0.461 e. The van der Waals surface area contributed by atoms with E-state index >= 15 is 0 Å². The van der Waals surface area contributed by atoms with Crippen LogP contribution in [0.4, 0.5) is 13.2 Å². The molecule has 2 aromatic carbocycles. The fourth-order valence-corrected chi connectivity index (χ4v) is 3.42. The molecule has 0 aromatic heterocycles. The summed E-state index contributed by atoms with van der Waals surface area (Å²) in [7, 11) is 0. The van der Waals surface area contributed by atoms with Crippen molar-refractivity contribution in [3.63, 3.8) is 0 Å². The van der Waals surface area contributed by atoms with Gasteiger partial charge in [0.2, 0.25) is 0 Å². The molecule has 0 radical (unpaired) electrons. The predicted molar refractivity (Wildman–Crippen MR) is 97.6 cm³/mol. The van der Waals surface area contributed by atoms with Gasteiger partial charge in [0, 0.05) is 6.08 Å². The van der Waals surface area contributed by atoms with Crippen LogP contribution in [0.25, 0.3) is 11.1 Å². The number of allylic oxidation sites excluding steroid dienone is 2. The first kappa shape index (κ1) is 19.2. The van der Waals surface area contributed by atoms with Crippen LogP contribution >= 0.6 is 0 Å². The highest BCUT2D eigenvalue weighted by Gasteiger charge is 2.61. The number of halogens is 3. The van der Waals surface area contributed by atoms with Crippen molar-refractivity contribution in [1.82, 2.24) is 0 Å². The SMILES string of the molecule is CC1(C)[C@H](C(=O)OCc2cccc(-c3ccccc3)c2)[C@@H]1/C=C/C(F)(F)F. The molecule has 2 aromatic rings. The van der Waals surface area contributed by atoms with Crippen LogP contribution in [-0.2, 0) is 16.1 Å². The van der Waals surface area contributed by atoms with E-state index in [0.29, 0.717) is 0 Å². The Bertz CT molecular complexity index is 838. The third kappa shape index (κ3) is 4.59. The molecule has 0 unspecified atom stereocenters. The van der Waals surface area contributed by atoms with Crippen LogP contribution in [0.2, 0.25) is 0 Å². The van der Waals surface area contributed by atoms with Gasteiger partial charge in [-0.3, -0.25) is 4.79 Å². The van der Waals surface area contributed by atoms with E-state index in [9.17, 15) is 18.0 Å². The van der Waals surface area contributed by atoms with Gasteiger partial charge in [0.05, 0.1) is 5.92 Å². The van der Waals surface area contributed by atoms with Crippen molar-refractivity contribution in [1.29, 1.82) is 0 Å². The Labute approximate surface area is 156 Å². The molecule has 142 valence electrons. The Morgan fingerprint density at radius 3 is 2.41 bits per heavy atom. The summed E-state index contributed by atoms with van der Waals surface area (Å²) >= 11 is 0. The van der Waals surface area contributed by atoms with Crippen molar-refractivity contribution in [2.75, 3.05) is 0 Å². The molecule has 2 nitrogen and oxygen atoms in total. The molecule has 0 aliphatic heterocycles. The number of alkyl halides is 3. The number of hydrogen-bond donors (Lipinski definition) is 0. The zero-order valence-electron chi connectivity index (χ0n) is 15.2. The summed E-state index contributed by atoms with van der Waals surface area (Å²) in [6.45, 7) is 3.66. The van der Waals surface area contributed by atoms with Crippen molar-refractivity contribution in [3.8, 4) is 11.1 Å². The van der Waals surface area contributed by atoms with Gasteiger partial charge < -0.3 is 4.74 Å². The topological polar surface area (TPSA) is 26.3 Å². The Morgan fingerprint density at radius 2 is 1.74 bits per heavy atom. The summed E-state index contributed by atoms with van der Waals surface area (Å²) in [5.41, 5.74) is 2.39. The van der Waals surface area contributed by atoms with E-state index in [1.807, 2.05) is 54.6 Å². The Hall–Kier alpha value is -2.56. The Balaban J connectivity index is 1.62. The zero-order chi connectivity index (χ0) is 19.7. The molecule has 1 aliphatic rings. The van der Waals surface area contributed by atoms with Gasteiger partial charge in [-0.1, -0.05) is 68.5 Å². The number of rotatable bonds is 5. The molecule has 2 atom stereocenters. The van der Waals surface area contributed by atoms with E-state index in [0.717, 1.165) is 22.8 Å². The normalized spacial score (nSPS) is 21.2. The molecule has 3 rings (SSSR count). The Morgan fingerprint density at radius 1 is 1.07 bits per heavy atom. The number of benzene rings is 2. The van der Waals surface area contributed by atoms with Gasteiger partial charge in [0.1, 0.15) is 6.61 Å². The van der Waals surface area contributed by atoms with Crippen LogP contribution < -0.4 is 0 Å². The largest absolute Gasteiger partial charge is 0.461 e. The first-order valence-electron chi connectivity index (χ1n) is 8.75. The lowest BCUT2D eigenvalue weighted by atomic mass is 10.0. The number of carbonyl (C=O) groups is 1. The molecule has 1 aliphatic carbocycles. The molecule has 0 amide bonds. The summed E-state index contributed by atoms with van der Waals surface area (Å²) in [4.78, 5) is 12.3. The molecule has 0 spiro atoms. The molecule has 1 saturated carbocycles. The molecule has 5 heteroatoms. The van der Waals surface area contributed by atoms with E-state index in [1.165, 1.54) is 0 Å². The van der Waals surface area contributed by atoms with E-state index < -0.39 is 29.4 Å². The van der Waals surface area contributed by atoms with E-state index in [4.69, 9.17) is 4.74 Å². The van der Waals surface area contributed by atoms with Gasteiger partial charge in [0.25, 0.3) is 0 Å². The maximum absolute atomic E-state index is 12.4. The third-order valence-electron chi connectivity index (χ3n) is 5.07. The van der Waals surface area contributed by atoms with Crippen molar-refractivity contribution >= 4 is 5.97 Å². The summed E-state index contributed by atoms with van der Waals surface area (Å²) < 4.78 is 42.5. The molecule has 0 heterocycles. The second-order valence-corrected chi connectivity index (χ2v) is 7.40. The molecule has 0 N–H and O–H groups in total. The summed E-state index contributed by atoms with van der Waals surface area (Å²) in [6.07, 6.45) is -3.09. The van der Waals surface area contributed by atoms with Crippen molar-refractivity contribution in [3.05, 3.63) is 72.3 Å². The minimum absolute atomic E-state index is 0.0990. The predicted octanol–water partition coefficient (Wildman–Crippen LogP) is 5.79. The lowest BCUT2D eigenvalue weighted by molar-refractivity contribution is -0.147. The first-order valence-corrected chi connectivity index (χ1v) is 8.75. The highest BCUT2D eigenvalue weighted by atomic mass is 19.4. The highest BCUT2D eigenvalue weighted by Crippen LogP contribution is 2.59. The second kappa shape index (κ2) is 7.22. The number of hydrogen-bond acceptors (Lipinski definition) is 2. The van der Waals surface area contributed by atoms with Crippen molar-refractivity contribution in [2.24, 2.45) is 17.3 Å². The van der Waals surface area contributed by atoms with Crippen LogP contribution in [0, 0.1) is 17.3 Å². The van der Waals surface area contributed by atoms with Crippen LogP contribution in [-0.4, -0.2) is 12.1 Å². The molecule has 0 bridgehead atoms. The molecular weight excluding hydrogens is 353 g/mol. The van der Waals surface area contributed by atoms with Gasteiger partial charge in [-0.15, -0.1) is 0 Å². The van der Waals surface area contributed by atoms with E-state index in [2.05, 4.69) is 0 Å².